The number of rotatable bonds is 3. The van der Waals surface area contributed by atoms with Gasteiger partial charge in [-0.25, -0.2) is 9.97 Å². The molecule has 0 bridgehead atoms. The van der Waals surface area contributed by atoms with E-state index in [0.29, 0.717) is 18.1 Å². The molecule has 0 radical (unpaired) electrons. The van der Waals surface area contributed by atoms with E-state index in [-0.39, 0.29) is 0 Å². The maximum Gasteiger partial charge on any atom is 0.232 e. The van der Waals surface area contributed by atoms with Crippen LogP contribution in [-0.2, 0) is 13.7 Å². The van der Waals surface area contributed by atoms with Crippen molar-refractivity contribution in [2.45, 2.75) is 6.61 Å². The first-order valence-electron chi connectivity index (χ1n) is 4.75. The minimum Gasteiger partial charge on any atom is -0.469 e. The zero-order valence-electron chi connectivity index (χ0n) is 8.79. The smallest absolute Gasteiger partial charge is 0.232 e. The van der Waals surface area contributed by atoms with Gasteiger partial charge in [-0.2, -0.15) is 5.26 Å². The molecule has 0 saturated heterocycles. The molecule has 16 heavy (non-hydrogen) atoms. The van der Waals surface area contributed by atoms with Crippen LogP contribution < -0.4 is 4.74 Å². The molecule has 5 heteroatoms. The molecule has 0 spiro atoms. The number of nitrogens with zero attached hydrogens (tertiary/aromatic N) is 4. The van der Waals surface area contributed by atoms with Crippen molar-refractivity contribution in [3.05, 3.63) is 42.1 Å². The predicted molar refractivity (Wildman–Crippen MR) is 56.5 cm³/mol. The molecular weight excluding hydrogens is 204 g/mol. The van der Waals surface area contributed by atoms with Gasteiger partial charge in [0.2, 0.25) is 5.88 Å². The quantitative estimate of drug-likeness (QED) is 0.771. The van der Waals surface area contributed by atoms with Crippen molar-refractivity contribution >= 4 is 0 Å². The fraction of sp³-hybridized carbons (Fsp3) is 0.182. The molecule has 2 heterocycles. The summed E-state index contributed by atoms with van der Waals surface area (Å²) < 4.78 is 7.29. The molecule has 0 aromatic carbocycles. The van der Waals surface area contributed by atoms with Gasteiger partial charge in [-0.3, -0.25) is 0 Å². The molecule has 0 atom stereocenters. The van der Waals surface area contributed by atoms with Gasteiger partial charge in [-0.15, -0.1) is 0 Å². The van der Waals surface area contributed by atoms with E-state index in [1.165, 1.54) is 0 Å². The summed E-state index contributed by atoms with van der Waals surface area (Å²) in [6.07, 6.45) is 5.12. The number of aromatic nitrogens is 3. The first kappa shape index (κ1) is 10.2. The Bertz CT molecular complexity index is 527. The Morgan fingerprint density at radius 1 is 1.44 bits per heavy atom. The van der Waals surface area contributed by atoms with E-state index in [1.807, 2.05) is 23.9 Å². The SMILES string of the molecule is Cn1ccnc1COc1ncccc1C#N. The second-order valence-corrected chi connectivity index (χ2v) is 3.21. The Labute approximate surface area is 92.9 Å². The maximum absolute atomic E-state index is 8.84. The van der Waals surface area contributed by atoms with Crippen molar-refractivity contribution in [3.8, 4) is 11.9 Å². The summed E-state index contributed by atoms with van der Waals surface area (Å²) >= 11 is 0. The number of hydrogen-bond donors (Lipinski definition) is 0. The second kappa shape index (κ2) is 4.45. The number of pyridine rings is 1. The van der Waals surface area contributed by atoms with Crippen LogP contribution in [0.2, 0.25) is 0 Å². The molecule has 0 saturated carbocycles. The van der Waals surface area contributed by atoms with Gasteiger partial charge in [-0.05, 0) is 12.1 Å². The van der Waals surface area contributed by atoms with Crippen molar-refractivity contribution < 1.29 is 4.74 Å². The summed E-state index contributed by atoms with van der Waals surface area (Å²) in [7, 11) is 1.88. The molecule has 0 aliphatic heterocycles. The summed E-state index contributed by atoms with van der Waals surface area (Å²) in [6.45, 7) is 0.301. The van der Waals surface area contributed by atoms with Crippen LogP contribution in [0.25, 0.3) is 0 Å². The van der Waals surface area contributed by atoms with Crippen molar-refractivity contribution in [3.63, 3.8) is 0 Å². The van der Waals surface area contributed by atoms with Crippen molar-refractivity contribution in [1.29, 1.82) is 5.26 Å². The third-order valence-electron chi connectivity index (χ3n) is 2.15. The average Bonchev–Trinajstić information content (AvgIpc) is 2.72. The van der Waals surface area contributed by atoms with Gasteiger partial charge in [0, 0.05) is 25.6 Å². The van der Waals surface area contributed by atoms with E-state index in [4.69, 9.17) is 10.00 Å². The van der Waals surface area contributed by atoms with Crippen LogP contribution in [0.15, 0.2) is 30.7 Å². The zero-order valence-corrected chi connectivity index (χ0v) is 8.79. The summed E-state index contributed by atoms with van der Waals surface area (Å²) in [5.41, 5.74) is 0.428. The van der Waals surface area contributed by atoms with E-state index in [9.17, 15) is 0 Å². The van der Waals surface area contributed by atoms with E-state index in [2.05, 4.69) is 9.97 Å². The van der Waals surface area contributed by atoms with Crippen LogP contribution in [0.1, 0.15) is 11.4 Å². The highest BCUT2D eigenvalue weighted by Gasteiger charge is 2.05. The highest BCUT2D eigenvalue weighted by Crippen LogP contribution is 2.13. The standard InChI is InChI=1S/C11H10N4O/c1-15-6-5-13-10(15)8-16-11-9(7-12)3-2-4-14-11/h2-6H,8H2,1H3. The van der Waals surface area contributed by atoms with Gasteiger partial charge in [0.25, 0.3) is 0 Å². The Morgan fingerprint density at radius 3 is 3.00 bits per heavy atom. The van der Waals surface area contributed by atoms with Crippen molar-refractivity contribution in [2.75, 3.05) is 0 Å². The van der Waals surface area contributed by atoms with E-state index in [1.54, 1.807) is 24.5 Å². The van der Waals surface area contributed by atoms with Crippen molar-refractivity contribution in [2.24, 2.45) is 7.05 Å². The zero-order chi connectivity index (χ0) is 11.4. The van der Waals surface area contributed by atoms with Crippen LogP contribution in [0, 0.1) is 11.3 Å². The van der Waals surface area contributed by atoms with E-state index in [0.717, 1.165) is 5.82 Å². The molecular formula is C11H10N4O. The molecule has 80 valence electrons. The summed E-state index contributed by atoms with van der Waals surface area (Å²) in [5, 5.41) is 8.84. The summed E-state index contributed by atoms with van der Waals surface area (Å²) in [4.78, 5) is 8.11. The Balaban J connectivity index is 2.11. The normalized spacial score (nSPS) is 9.75. The number of imidazole rings is 1. The van der Waals surface area contributed by atoms with Gasteiger partial charge in [-0.1, -0.05) is 0 Å². The van der Waals surface area contributed by atoms with Crippen LogP contribution in [0.4, 0.5) is 0 Å². The number of nitriles is 1. The third-order valence-corrected chi connectivity index (χ3v) is 2.15. The highest BCUT2D eigenvalue weighted by molar-refractivity contribution is 5.36. The molecule has 0 amide bonds. The fourth-order valence-corrected chi connectivity index (χ4v) is 1.26. The van der Waals surface area contributed by atoms with Crippen LogP contribution in [-0.4, -0.2) is 14.5 Å². The summed E-state index contributed by atoms with van der Waals surface area (Å²) in [6, 6.07) is 5.39. The van der Waals surface area contributed by atoms with Gasteiger partial charge < -0.3 is 9.30 Å². The Hall–Kier alpha value is -2.35. The lowest BCUT2D eigenvalue weighted by Crippen LogP contribution is -2.04. The third kappa shape index (κ3) is 2.01. The molecule has 2 aromatic rings. The topological polar surface area (TPSA) is 63.7 Å². The number of aryl methyl sites for hydroxylation is 1. The molecule has 2 aromatic heterocycles. The molecule has 0 fully saturated rings. The van der Waals surface area contributed by atoms with Crippen LogP contribution in [0.5, 0.6) is 5.88 Å². The first-order chi connectivity index (χ1) is 7.81. The van der Waals surface area contributed by atoms with E-state index >= 15 is 0 Å². The summed E-state index contributed by atoms with van der Waals surface area (Å²) in [5.74, 6) is 1.13. The Morgan fingerprint density at radius 2 is 2.31 bits per heavy atom. The first-order valence-corrected chi connectivity index (χ1v) is 4.75. The van der Waals surface area contributed by atoms with Crippen molar-refractivity contribution in [1.82, 2.24) is 14.5 Å². The molecule has 0 aliphatic rings. The minimum atomic E-state index is 0.301. The number of ether oxygens (including phenoxy) is 1. The van der Waals surface area contributed by atoms with Gasteiger partial charge in [0.05, 0.1) is 0 Å². The van der Waals surface area contributed by atoms with E-state index < -0.39 is 0 Å². The predicted octanol–water partition coefficient (Wildman–Crippen LogP) is 1.27. The molecule has 5 nitrogen and oxygen atoms in total. The average molecular weight is 214 g/mol. The molecule has 0 aliphatic carbocycles. The fourth-order valence-electron chi connectivity index (χ4n) is 1.26. The van der Waals surface area contributed by atoms with Crippen LogP contribution in [0.3, 0.4) is 0 Å². The Kier molecular flexibility index (Phi) is 2.83. The molecule has 0 N–H and O–H groups in total. The highest BCUT2D eigenvalue weighted by atomic mass is 16.5. The van der Waals surface area contributed by atoms with Gasteiger partial charge >= 0.3 is 0 Å². The maximum atomic E-state index is 8.84. The second-order valence-electron chi connectivity index (χ2n) is 3.21. The monoisotopic (exact) mass is 214 g/mol. The largest absolute Gasteiger partial charge is 0.469 e. The van der Waals surface area contributed by atoms with Crippen LogP contribution >= 0.6 is 0 Å². The van der Waals surface area contributed by atoms with Gasteiger partial charge in [0.1, 0.15) is 24.1 Å². The minimum absolute atomic E-state index is 0.301. The lowest BCUT2D eigenvalue weighted by Gasteiger charge is -2.05. The number of hydrogen-bond acceptors (Lipinski definition) is 4. The molecule has 0 unspecified atom stereocenters. The van der Waals surface area contributed by atoms with Gasteiger partial charge in [0.15, 0.2) is 0 Å². The lowest BCUT2D eigenvalue weighted by molar-refractivity contribution is 0.279. The lowest BCUT2D eigenvalue weighted by atomic mass is 10.3. The molecule has 2 rings (SSSR count).